The average molecular weight is 257 g/mol. The van der Waals surface area contributed by atoms with Gasteiger partial charge in [0.1, 0.15) is 0 Å². The van der Waals surface area contributed by atoms with E-state index in [9.17, 15) is 0 Å². The van der Waals surface area contributed by atoms with E-state index in [0.29, 0.717) is 0 Å². The standard InChI is InChI=1S/C16H23N3/c1-11-6-7-15(12(2)10-11)16-13(3)18-19(14(16)4)9-8-17-5/h6-7,10,17H,8-9H2,1-5H3. The smallest absolute Gasteiger partial charge is 0.0675 e. The zero-order chi connectivity index (χ0) is 14.0. The molecule has 3 heteroatoms. The van der Waals surface area contributed by atoms with E-state index in [0.717, 1.165) is 18.8 Å². The summed E-state index contributed by atoms with van der Waals surface area (Å²) in [5.74, 6) is 0. The zero-order valence-corrected chi connectivity index (χ0v) is 12.5. The van der Waals surface area contributed by atoms with Gasteiger partial charge in [0, 0.05) is 17.8 Å². The number of likely N-dealkylation sites (N-methyl/N-ethyl adjacent to an activating group) is 1. The molecule has 2 aromatic rings. The van der Waals surface area contributed by atoms with Crippen LogP contribution in [0.3, 0.4) is 0 Å². The van der Waals surface area contributed by atoms with Gasteiger partial charge in [-0.25, -0.2) is 0 Å². The minimum atomic E-state index is 0.911. The highest BCUT2D eigenvalue weighted by atomic mass is 15.3. The van der Waals surface area contributed by atoms with Crippen LogP contribution in [-0.4, -0.2) is 23.4 Å². The van der Waals surface area contributed by atoms with Crippen LogP contribution in [0.1, 0.15) is 22.5 Å². The van der Waals surface area contributed by atoms with E-state index < -0.39 is 0 Å². The van der Waals surface area contributed by atoms with Gasteiger partial charge in [-0.2, -0.15) is 5.10 Å². The SMILES string of the molecule is CNCCn1nc(C)c(-c2ccc(C)cc2C)c1C. The first-order valence-electron chi connectivity index (χ1n) is 6.81. The molecule has 0 bridgehead atoms. The van der Waals surface area contributed by atoms with E-state index >= 15 is 0 Å². The molecule has 0 fully saturated rings. The molecule has 19 heavy (non-hydrogen) atoms. The summed E-state index contributed by atoms with van der Waals surface area (Å²) in [6.07, 6.45) is 0. The van der Waals surface area contributed by atoms with Gasteiger partial charge < -0.3 is 5.32 Å². The molecule has 1 N–H and O–H groups in total. The van der Waals surface area contributed by atoms with Crippen LogP contribution in [0.15, 0.2) is 18.2 Å². The first-order chi connectivity index (χ1) is 9.04. The lowest BCUT2D eigenvalue weighted by Gasteiger charge is -2.08. The van der Waals surface area contributed by atoms with Crippen molar-refractivity contribution in [2.45, 2.75) is 34.2 Å². The van der Waals surface area contributed by atoms with Gasteiger partial charge in [0.25, 0.3) is 0 Å². The second-order valence-electron chi connectivity index (χ2n) is 5.19. The highest BCUT2D eigenvalue weighted by Crippen LogP contribution is 2.30. The molecular formula is C16H23N3. The fraction of sp³-hybridized carbons (Fsp3) is 0.438. The molecule has 0 amide bonds. The summed E-state index contributed by atoms with van der Waals surface area (Å²) in [4.78, 5) is 0. The number of nitrogens with zero attached hydrogens (tertiary/aromatic N) is 2. The zero-order valence-electron chi connectivity index (χ0n) is 12.5. The molecule has 1 heterocycles. The van der Waals surface area contributed by atoms with Gasteiger partial charge in [-0.15, -0.1) is 0 Å². The van der Waals surface area contributed by atoms with Crippen LogP contribution in [0.25, 0.3) is 11.1 Å². The lowest BCUT2D eigenvalue weighted by molar-refractivity contribution is 0.569. The Balaban J connectivity index is 2.47. The number of hydrogen-bond acceptors (Lipinski definition) is 2. The summed E-state index contributed by atoms with van der Waals surface area (Å²) in [6.45, 7) is 10.4. The summed E-state index contributed by atoms with van der Waals surface area (Å²) in [7, 11) is 1.97. The van der Waals surface area contributed by atoms with Gasteiger partial charge in [0.15, 0.2) is 0 Å². The van der Waals surface area contributed by atoms with Crippen molar-refractivity contribution in [3.05, 3.63) is 40.7 Å². The first kappa shape index (κ1) is 13.8. The van der Waals surface area contributed by atoms with Gasteiger partial charge in [-0.1, -0.05) is 23.8 Å². The molecule has 3 nitrogen and oxygen atoms in total. The maximum absolute atomic E-state index is 4.66. The molecule has 0 aliphatic carbocycles. The molecule has 0 unspecified atom stereocenters. The van der Waals surface area contributed by atoms with Crippen molar-refractivity contribution in [2.75, 3.05) is 13.6 Å². The normalized spacial score (nSPS) is 11.0. The monoisotopic (exact) mass is 257 g/mol. The van der Waals surface area contributed by atoms with E-state index in [4.69, 9.17) is 0 Å². The Bertz CT molecular complexity index is 582. The number of aryl methyl sites for hydroxylation is 3. The summed E-state index contributed by atoms with van der Waals surface area (Å²) >= 11 is 0. The Morgan fingerprint density at radius 1 is 1.16 bits per heavy atom. The summed E-state index contributed by atoms with van der Waals surface area (Å²) < 4.78 is 2.10. The molecule has 0 saturated heterocycles. The predicted molar refractivity (Wildman–Crippen MR) is 80.5 cm³/mol. The van der Waals surface area contributed by atoms with Crippen molar-refractivity contribution in [3.63, 3.8) is 0 Å². The quantitative estimate of drug-likeness (QED) is 0.912. The third kappa shape index (κ3) is 2.71. The predicted octanol–water partition coefficient (Wildman–Crippen LogP) is 3.00. The molecule has 1 aromatic carbocycles. The molecule has 1 aromatic heterocycles. The van der Waals surface area contributed by atoms with E-state index in [1.165, 1.54) is 27.9 Å². The van der Waals surface area contributed by atoms with Crippen molar-refractivity contribution < 1.29 is 0 Å². The highest BCUT2D eigenvalue weighted by Gasteiger charge is 2.14. The second-order valence-corrected chi connectivity index (χ2v) is 5.19. The third-order valence-electron chi connectivity index (χ3n) is 3.61. The van der Waals surface area contributed by atoms with Crippen molar-refractivity contribution in [1.82, 2.24) is 15.1 Å². The summed E-state index contributed by atoms with van der Waals surface area (Å²) in [5, 5.41) is 7.83. The summed E-state index contributed by atoms with van der Waals surface area (Å²) in [6, 6.07) is 6.62. The molecule has 0 radical (unpaired) electrons. The largest absolute Gasteiger partial charge is 0.318 e. The van der Waals surface area contributed by atoms with E-state index in [-0.39, 0.29) is 0 Å². The lowest BCUT2D eigenvalue weighted by atomic mass is 9.97. The number of rotatable bonds is 4. The maximum atomic E-state index is 4.66. The van der Waals surface area contributed by atoms with Gasteiger partial charge in [-0.3, -0.25) is 4.68 Å². The minimum Gasteiger partial charge on any atom is -0.318 e. The van der Waals surface area contributed by atoms with Crippen LogP contribution in [-0.2, 0) is 6.54 Å². The molecule has 0 saturated carbocycles. The number of aromatic nitrogens is 2. The van der Waals surface area contributed by atoms with Crippen LogP contribution < -0.4 is 5.32 Å². The molecule has 0 aliphatic heterocycles. The van der Waals surface area contributed by atoms with E-state index in [1.807, 2.05) is 7.05 Å². The Morgan fingerprint density at radius 3 is 2.53 bits per heavy atom. The number of benzene rings is 1. The molecular weight excluding hydrogens is 234 g/mol. The Labute approximate surface area is 115 Å². The first-order valence-corrected chi connectivity index (χ1v) is 6.81. The minimum absolute atomic E-state index is 0.911. The van der Waals surface area contributed by atoms with Gasteiger partial charge in [0.05, 0.1) is 12.2 Å². The van der Waals surface area contributed by atoms with Crippen LogP contribution in [0.4, 0.5) is 0 Å². The van der Waals surface area contributed by atoms with E-state index in [2.05, 4.69) is 61.0 Å². The van der Waals surface area contributed by atoms with E-state index in [1.54, 1.807) is 0 Å². The van der Waals surface area contributed by atoms with Crippen molar-refractivity contribution >= 4 is 0 Å². The van der Waals surface area contributed by atoms with Crippen LogP contribution >= 0.6 is 0 Å². The second kappa shape index (κ2) is 5.57. The van der Waals surface area contributed by atoms with Gasteiger partial charge >= 0.3 is 0 Å². The van der Waals surface area contributed by atoms with Crippen molar-refractivity contribution in [2.24, 2.45) is 0 Å². The summed E-state index contributed by atoms with van der Waals surface area (Å²) in [5.41, 5.74) is 7.57. The number of hydrogen-bond donors (Lipinski definition) is 1. The number of nitrogens with one attached hydrogen (secondary N) is 1. The maximum Gasteiger partial charge on any atom is 0.0675 e. The van der Waals surface area contributed by atoms with Crippen LogP contribution in [0.5, 0.6) is 0 Å². The fourth-order valence-corrected chi connectivity index (χ4v) is 2.62. The molecule has 0 aliphatic rings. The van der Waals surface area contributed by atoms with Crippen molar-refractivity contribution in [3.8, 4) is 11.1 Å². The molecule has 0 atom stereocenters. The van der Waals surface area contributed by atoms with Gasteiger partial charge in [-0.05, 0) is 45.9 Å². The topological polar surface area (TPSA) is 29.9 Å². The Morgan fingerprint density at radius 2 is 1.89 bits per heavy atom. The molecule has 2 rings (SSSR count). The molecule has 102 valence electrons. The third-order valence-corrected chi connectivity index (χ3v) is 3.61. The lowest BCUT2D eigenvalue weighted by Crippen LogP contribution is -2.16. The Kier molecular flexibility index (Phi) is 4.05. The average Bonchev–Trinajstić information content (AvgIpc) is 2.63. The van der Waals surface area contributed by atoms with Crippen molar-refractivity contribution in [1.29, 1.82) is 0 Å². The molecule has 0 spiro atoms. The highest BCUT2D eigenvalue weighted by molar-refractivity contribution is 5.71. The van der Waals surface area contributed by atoms with Gasteiger partial charge in [0.2, 0.25) is 0 Å². The Hall–Kier alpha value is -1.61. The van der Waals surface area contributed by atoms with Crippen LogP contribution in [0, 0.1) is 27.7 Å². The van der Waals surface area contributed by atoms with Crippen LogP contribution in [0.2, 0.25) is 0 Å². The fourth-order valence-electron chi connectivity index (χ4n) is 2.62.